The standard InChI is InChI=1S/C20H24O3/c1-4-11-20-12-10-15(19(20,2)3)13-16(20)23-18(22)17(21)14-8-6-5-7-9-14/h4-9,15-16H,1,10-13H2,2-3H3/t15-,16-,20+/m1/s1. The summed E-state index contributed by atoms with van der Waals surface area (Å²) in [4.78, 5) is 24.6. The van der Waals surface area contributed by atoms with E-state index < -0.39 is 11.8 Å². The summed E-state index contributed by atoms with van der Waals surface area (Å²) in [5, 5.41) is 0. The number of fused-ring (bicyclic) bond motifs is 2. The van der Waals surface area contributed by atoms with Crippen LogP contribution in [0.4, 0.5) is 0 Å². The maximum absolute atomic E-state index is 12.3. The first kappa shape index (κ1) is 16.0. The molecule has 3 rings (SSSR count). The predicted octanol–water partition coefficient (Wildman–Crippen LogP) is 4.18. The van der Waals surface area contributed by atoms with Gasteiger partial charge >= 0.3 is 5.97 Å². The van der Waals surface area contributed by atoms with Gasteiger partial charge in [-0.3, -0.25) is 4.79 Å². The normalized spacial score (nSPS) is 30.9. The highest BCUT2D eigenvalue weighted by Crippen LogP contribution is 2.68. The molecule has 0 aromatic heterocycles. The number of carbonyl (C=O) groups excluding carboxylic acids is 2. The molecule has 2 aliphatic carbocycles. The van der Waals surface area contributed by atoms with Crippen molar-refractivity contribution in [2.24, 2.45) is 16.7 Å². The second kappa shape index (κ2) is 5.63. The highest BCUT2D eigenvalue weighted by atomic mass is 16.5. The van der Waals surface area contributed by atoms with Crippen molar-refractivity contribution in [2.75, 3.05) is 0 Å². The zero-order valence-electron chi connectivity index (χ0n) is 13.9. The number of hydrogen-bond donors (Lipinski definition) is 0. The van der Waals surface area contributed by atoms with E-state index in [4.69, 9.17) is 4.74 Å². The van der Waals surface area contributed by atoms with Gasteiger partial charge in [0.25, 0.3) is 5.78 Å². The number of carbonyl (C=O) groups is 2. The molecule has 0 saturated heterocycles. The van der Waals surface area contributed by atoms with E-state index in [1.54, 1.807) is 24.3 Å². The zero-order chi connectivity index (χ0) is 16.7. The molecule has 3 heteroatoms. The molecule has 3 atom stereocenters. The van der Waals surface area contributed by atoms with Crippen LogP contribution in [0.25, 0.3) is 0 Å². The van der Waals surface area contributed by atoms with Gasteiger partial charge < -0.3 is 4.74 Å². The van der Waals surface area contributed by atoms with Crippen molar-refractivity contribution in [1.29, 1.82) is 0 Å². The van der Waals surface area contributed by atoms with E-state index >= 15 is 0 Å². The van der Waals surface area contributed by atoms with Gasteiger partial charge in [0, 0.05) is 11.0 Å². The Morgan fingerprint density at radius 3 is 2.61 bits per heavy atom. The van der Waals surface area contributed by atoms with E-state index in [2.05, 4.69) is 20.4 Å². The second-order valence-corrected chi connectivity index (χ2v) is 7.43. The third kappa shape index (κ3) is 2.34. The summed E-state index contributed by atoms with van der Waals surface area (Å²) < 4.78 is 5.72. The summed E-state index contributed by atoms with van der Waals surface area (Å²) in [5.74, 6) is -0.736. The molecule has 0 radical (unpaired) electrons. The van der Waals surface area contributed by atoms with Crippen LogP contribution in [-0.2, 0) is 9.53 Å². The molecule has 2 bridgehead atoms. The van der Waals surface area contributed by atoms with Gasteiger partial charge in [-0.25, -0.2) is 4.79 Å². The van der Waals surface area contributed by atoms with Crippen molar-refractivity contribution in [3.05, 3.63) is 48.6 Å². The summed E-state index contributed by atoms with van der Waals surface area (Å²) in [5.41, 5.74) is 0.422. The molecule has 2 saturated carbocycles. The summed E-state index contributed by atoms with van der Waals surface area (Å²) in [6, 6.07) is 8.61. The van der Waals surface area contributed by atoms with Crippen LogP contribution in [0.1, 0.15) is 49.9 Å². The van der Waals surface area contributed by atoms with Crippen LogP contribution in [0.2, 0.25) is 0 Å². The number of Topliss-reactive ketones (excluding diaryl/α,β-unsaturated/α-hetero) is 1. The van der Waals surface area contributed by atoms with Gasteiger partial charge in [0.15, 0.2) is 0 Å². The minimum atomic E-state index is -0.729. The van der Waals surface area contributed by atoms with Crippen molar-refractivity contribution >= 4 is 11.8 Å². The molecule has 0 unspecified atom stereocenters. The van der Waals surface area contributed by atoms with Crippen molar-refractivity contribution < 1.29 is 14.3 Å². The first-order chi connectivity index (χ1) is 10.9. The van der Waals surface area contributed by atoms with E-state index in [9.17, 15) is 9.59 Å². The highest BCUT2D eigenvalue weighted by molar-refractivity contribution is 6.40. The third-order valence-corrected chi connectivity index (χ3v) is 6.34. The smallest absolute Gasteiger partial charge is 0.379 e. The summed E-state index contributed by atoms with van der Waals surface area (Å²) in [6.07, 6.45) is 5.63. The van der Waals surface area contributed by atoms with Gasteiger partial charge in [0.2, 0.25) is 0 Å². The molecule has 0 aliphatic heterocycles. The van der Waals surface area contributed by atoms with Crippen molar-refractivity contribution in [1.82, 2.24) is 0 Å². The molecule has 1 aromatic carbocycles. The molecule has 23 heavy (non-hydrogen) atoms. The predicted molar refractivity (Wildman–Crippen MR) is 89.0 cm³/mol. The molecule has 2 aliphatic rings. The topological polar surface area (TPSA) is 43.4 Å². The summed E-state index contributed by atoms with van der Waals surface area (Å²) >= 11 is 0. The van der Waals surface area contributed by atoms with E-state index in [1.165, 1.54) is 6.42 Å². The number of allylic oxidation sites excluding steroid dienone is 1. The Hall–Kier alpha value is -1.90. The second-order valence-electron chi connectivity index (χ2n) is 7.43. The van der Waals surface area contributed by atoms with Crippen LogP contribution in [0.15, 0.2) is 43.0 Å². The summed E-state index contributed by atoms with van der Waals surface area (Å²) in [6.45, 7) is 8.42. The lowest BCUT2D eigenvalue weighted by atomic mass is 9.66. The molecular formula is C20H24O3. The lowest BCUT2D eigenvalue weighted by molar-refractivity contribution is -0.151. The van der Waals surface area contributed by atoms with E-state index in [0.29, 0.717) is 11.5 Å². The van der Waals surface area contributed by atoms with Crippen LogP contribution in [0, 0.1) is 16.7 Å². The van der Waals surface area contributed by atoms with Crippen LogP contribution in [0.5, 0.6) is 0 Å². The van der Waals surface area contributed by atoms with Crippen LogP contribution in [-0.4, -0.2) is 17.9 Å². The maximum Gasteiger partial charge on any atom is 0.379 e. The SMILES string of the molecule is C=CC[C@]12CC[C@H](C[C@H]1OC(=O)C(=O)c1ccccc1)C2(C)C. The van der Waals surface area contributed by atoms with Gasteiger partial charge in [0.1, 0.15) is 6.10 Å². The van der Waals surface area contributed by atoms with E-state index in [-0.39, 0.29) is 16.9 Å². The number of benzene rings is 1. The minimum Gasteiger partial charge on any atom is -0.456 e. The number of ketones is 1. The molecular weight excluding hydrogens is 288 g/mol. The number of rotatable bonds is 5. The zero-order valence-corrected chi connectivity index (χ0v) is 13.9. The first-order valence-corrected chi connectivity index (χ1v) is 8.33. The van der Waals surface area contributed by atoms with Gasteiger partial charge in [-0.15, -0.1) is 6.58 Å². The quantitative estimate of drug-likeness (QED) is 0.354. The fraction of sp³-hybridized carbons (Fsp3) is 0.500. The maximum atomic E-state index is 12.3. The molecule has 0 heterocycles. The van der Waals surface area contributed by atoms with Crippen molar-refractivity contribution in [3.8, 4) is 0 Å². The lowest BCUT2D eigenvalue weighted by Crippen LogP contribution is -2.41. The van der Waals surface area contributed by atoms with E-state index in [1.807, 2.05) is 12.1 Å². The van der Waals surface area contributed by atoms with E-state index in [0.717, 1.165) is 19.3 Å². The Labute approximate surface area is 137 Å². The van der Waals surface area contributed by atoms with Crippen molar-refractivity contribution in [3.63, 3.8) is 0 Å². The van der Waals surface area contributed by atoms with Crippen LogP contribution >= 0.6 is 0 Å². The van der Waals surface area contributed by atoms with Gasteiger partial charge in [-0.1, -0.05) is 50.3 Å². The number of hydrogen-bond acceptors (Lipinski definition) is 3. The van der Waals surface area contributed by atoms with Gasteiger partial charge in [0.05, 0.1) is 0 Å². The Morgan fingerprint density at radius 2 is 2.00 bits per heavy atom. The van der Waals surface area contributed by atoms with Crippen LogP contribution < -0.4 is 0 Å². The van der Waals surface area contributed by atoms with Crippen LogP contribution in [0.3, 0.4) is 0 Å². The van der Waals surface area contributed by atoms with Crippen molar-refractivity contribution in [2.45, 2.75) is 45.6 Å². The molecule has 1 aromatic rings. The van der Waals surface area contributed by atoms with Gasteiger partial charge in [-0.05, 0) is 37.0 Å². The Bertz CT molecular complexity index is 632. The average molecular weight is 312 g/mol. The lowest BCUT2D eigenvalue weighted by Gasteiger charge is -2.41. The molecule has 0 spiro atoms. The fourth-order valence-electron chi connectivity index (χ4n) is 4.80. The summed E-state index contributed by atoms with van der Waals surface area (Å²) in [7, 11) is 0. The largest absolute Gasteiger partial charge is 0.456 e. The highest BCUT2D eigenvalue weighted by Gasteiger charge is 2.64. The molecule has 0 N–H and O–H groups in total. The number of esters is 1. The first-order valence-electron chi connectivity index (χ1n) is 8.33. The molecule has 2 fully saturated rings. The molecule has 122 valence electrons. The minimum absolute atomic E-state index is 0.0773. The third-order valence-electron chi connectivity index (χ3n) is 6.34. The Balaban J connectivity index is 1.79. The number of ether oxygens (including phenoxy) is 1. The molecule has 0 amide bonds. The Morgan fingerprint density at radius 1 is 1.30 bits per heavy atom. The van der Waals surface area contributed by atoms with Gasteiger partial charge in [-0.2, -0.15) is 0 Å². The molecule has 3 nitrogen and oxygen atoms in total. The fourth-order valence-corrected chi connectivity index (χ4v) is 4.80. The Kier molecular flexibility index (Phi) is 3.91. The monoisotopic (exact) mass is 312 g/mol. The average Bonchev–Trinajstić information content (AvgIpc) is 2.90.